The van der Waals surface area contributed by atoms with E-state index in [1.54, 1.807) is 4.80 Å². The summed E-state index contributed by atoms with van der Waals surface area (Å²) in [5.74, 6) is 0. The molecule has 0 aliphatic rings. The zero-order chi connectivity index (χ0) is 12.7. The van der Waals surface area contributed by atoms with Crippen LogP contribution < -0.4 is 5.73 Å². The normalized spacial score (nSPS) is 11.0. The number of anilines is 1. The van der Waals surface area contributed by atoms with E-state index < -0.39 is 0 Å². The van der Waals surface area contributed by atoms with Gasteiger partial charge in [-0.25, -0.2) is 0 Å². The minimum Gasteiger partial charge on any atom is -0.398 e. The number of aromatic nitrogens is 3. The predicted molar refractivity (Wildman–Crippen MR) is 73.0 cm³/mol. The monoisotopic (exact) mass is 258 g/mol. The van der Waals surface area contributed by atoms with Gasteiger partial charge in [0.25, 0.3) is 0 Å². The highest BCUT2D eigenvalue weighted by Gasteiger charge is 2.07. The summed E-state index contributed by atoms with van der Waals surface area (Å²) in [6.45, 7) is 1.95. The standard InChI is InChI=1S/C13H11ClN4/c1-8-5-12-13(7-11(8)15)17-18(16-12)10-4-2-3-9(14)6-10/h2-7H,15H2,1H3. The fraction of sp³-hybridized carbons (Fsp3) is 0.0769. The number of benzene rings is 2. The van der Waals surface area contributed by atoms with Crippen molar-refractivity contribution in [3.05, 3.63) is 47.0 Å². The second kappa shape index (κ2) is 3.99. The quantitative estimate of drug-likeness (QED) is 0.683. The molecule has 0 bridgehead atoms. The number of halogens is 1. The predicted octanol–water partition coefficient (Wildman–Crippen LogP) is 2.96. The molecule has 0 aliphatic carbocycles. The first-order valence-electron chi connectivity index (χ1n) is 5.52. The van der Waals surface area contributed by atoms with Crippen LogP contribution in [0.3, 0.4) is 0 Å². The summed E-state index contributed by atoms with van der Waals surface area (Å²) >= 11 is 5.96. The van der Waals surface area contributed by atoms with Gasteiger partial charge in [0, 0.05) is 10.7 Å². The van der Waals surface area contributed by atoms with Gasteiger partial charge < -0.3 is 5.73 Å². The molecule has 18 heavy (non-hydrogen) atoms. The molecule has 0 fully saturated rings. The van der Waals surface area contributed by atoms with Crippen molar-refractivity contribution in [2.24, 2.45) is 0 Å². The summed E-state index contributed by atoms with van der Waals surface area (Å²) in [7, 11) is 0. The van der Waals surface area contributed by atoms with Crippen molar-refractivity contribution in [1.29, 1.82) is 0 Å². The number of rotatable bonds is 1. The number of nitrogens with two attached hydrogens (primary N) is 1. The number of aryl methyl sites for hydroxylation is 1. The van der Waals surface area contributed by atoms with Crippen molar-refractivity contribution in [1.82, 2.24) is 15.0 Å². The Kier molecular flexibility index (Phi) is 2.45. The van der Waals surface area contributed by atoms with Crippen LogP contribution >= 0.6 is 11.6 Å². The Hall–Kier alpha value is -2.07. The van der Waals surface area contributed by atoms with E-state index in [-0.39, 0.29) is 0 Å². The lowest BCUT2D eigenvalue weighted by molar-refractivity contribution is 0.766. The van der Waals surface area contributed by atoms with Gasteiger partial charge in [0.05, 0.1) is 5.69 Å². The molecule has 1 heterocycles. The summed E-state index contributed by atoms with van der Waals surface area (Å²) in [4.78, 5) is 1.56. The second-order valence-electron chi connectivity index (χ2n) is 4.17. The van der Waals surface area contributed by atoms with Crippen molar-refractivity contribution in [2.45, 2.75) is 6.92 Å². The minimum absolute atomic E-state index is 0.657. The molecule has 4 nitrogen and oxygen atoms in total. The zero-order valence-corrected chi connectivity index (χ0v) is 10.5. The fourth-order valence-electron chi connectivity index (χ4n) is 1.80. The van der Waals surface area contributed by atoms with E-state index in [4.69, 9.17) is 17.3 Å². The Morgan fingerprint density at radius 3 is 2.56 bits per heavy atom. The molecular formula is C13H11ClN4. The molecule has 0 amide bonds. The highest BCUT2D eigenvalue weighted by atomic mass is 35.5. The van der Waals surface area contributed by atoms with Gasteiger partial charge >= 0.3 is 0 Å². The lowest BCUT2D eigenvalue weighted by atomic mass is 10.2. The largest absolute Gasteiger partial charge is 0.398 e. The first-order valence-corrected chi connectivity index (χ1v) is 5.90. The smallest absolute Gasteiger partial charge is 0.115 e. The third-order valence-corrected chi connectivity index (χ3v) is 3.04. The molecule has 1 aromatic heterocycles. The third-order valence-electron chi connectivity index (χ3n) is 2.81. The summed E-state index contributed by atoms with van der Waals surface area (Å²) < 4.78 is 0. The molecule has 0 radical (unpaired) electrons. The van der Waals surface area contributed by atoms with Crippen LogP contribution in [0.4, 0.5) is 5.69 Å². The molecule has 5 heteroatoms. The number of nitrogen functional groups attached to an aromatic ring is 1. The molecule has 3 aromatic rings. The molecule has 0 saturated heterocycles. The third kappa shape index (κ3) is 1.80. The average Bonchev–Trinajstić information content (AvgIpc) is 2.73. The first kappa shape index (κ1) is 11.0. The summed E-state index contributed by atoms with van der Waals surface area (Å²) in [6, 6.07) is 11.2. The molecule has 0 saturated carbocycles. The van der Waals surface area contributed by atoms with Gasteiger partial charge in [-0.1, -0.05) is 17.7 Å². The molecule has 0 aliphatic heterocycles. The van der Waals surface area contributed by atoms with Crippen LogP contribution in [-0.4, -0.2) is 15.0 Å². The van der Waals surface area contributed by atoms with E-state index in [0.29, 0.717) is 5.02 Å². The molecule has 90 valence electrons. The Balaban J connectivity index is 2.19. The second-order valence-corrected chi connectivity index (χ2v) is 4.60. The summed E-state index contributed by atoms with van der Waals surface area (Å²) in [5.41, 5.74) is 10.0. The molecule has 0 spiro atoms. The Morgan fingerprint density at radius 1 is 1.11 bits per heavy atom. The summed E-state index contributed by atoms with van der Waals surface area (Å²) in [5, 5.41) is 9.47. The van der Waals surface area contributed by atoms with Crippen molar-refractivity contribution in [3.8, 4) is 5.69 Å². The van der Waals surface area contributed by atoms with E-state index in [0.717, 1.165) is 28.0 Å². The zero-order valence-electron chi connectivity index (χ0n) is 9.76. The van der Waals surface area contributed by atoms with Gasteiger partial charge in [0.2, 0.25) is 0 Å². The first-order chi connectivity index (χ1) is 8.63. The Morgan fingerprint density at radius 2 is 1.83 bits per heavy atom. The molecule has 2 aromatic carbocycles. The molecule has 3 rings (SSSR count). The molecule has 0 atom stereocenters. The topological polar surface area (TPSA) is 56.7 Å². The SMILES string of the molecule is Cc1cc2nn(-c3cccc(Cl)c3)nc2cc1N. The lowest BCUT2D eigenvalue weighted by Gasteiger charge is -1.98. The van der Waals surface area contributed by atoms with E-state index in [9.17, 15) is 0 Å². The molecule has 2 N–H and O–H groups in total. The van der Waals surface area contributed by atoms with Crippen LogP contribution in [0.25, 0.3) is 16.7 Å². The van der Waals surface area contributed by atoms with Crippen LogP contribution in [-0.2, 0) is 0 Å². The van der Waals surface area contributed by atoms with E-state index >= 15 is 0 Å². The minimum atomic E-state index is 0.657. The van der Waals surface area contributed by atoms with Gasteiger partial charge in [-0.15, -0.1) is 10.2 Å². The number of nitrogens with zero attached hydrogens (tertiary/aromatic N) is 3. The van der Waals surface area contributed by atoms with Gasteiger partial charge in [-0.05, 0) is 42.8 Å². The van der Waals surface area contributed by atoms with Crippen LogP contribution in [0, 0.1) is 6.92 Å². The highest BCUT2D eigenvalue weighted by molar-refractivity contribution is 6.30. The Bertz CT molecular complexity index is 694. The maximum atomic E-state index is 5.96. The van der Waals surface area contributed by atoms with Crippen molar-refractivity contribution >= 4 is 28.3 Å². The number of hydrogen-bond acceptors (Lipinski definition) is 3. The van der Waals surface area contributed by atoms with Crippen molar-refractivity contribution in [2.75, 3.05) is 5.73 Å². The Labute approximate surface area is 109 Å². The van der Waals surface area contributed by atoms with E-state index in [1.807, 2.05) is 43.3 Å². The van der Waals surface area contributed by atoms with E-state index in [1.165, 1.54) is 0 Å². The lowest BCUT2D eigenvalue weighted by Crippen LogP contribution is -1.97. The fourth-order valence-corrected chi connectivity index (χ4v) is 1.98. The van der Waals surface area contributed by atoms with Gasteiger partial charge in [-0.3, -0.25) is 0 Å². The van der Waals surface area contributed by atoms with Crippen molar-refractivity contribution < 1.29 is 0 Å². The van der Waals surface area contributed by atoms with Gasteiger partial charge in [0.1, 0.15) is 11.0 Å². The van der Waals surface area contributed by atoms with E-state index in [2.05, 4.69) is 10.2 Å². The average molecular weight is 259 g/mol. The van der Waals surface area contributed by atoms with Crippen molar-refractivity contribution in [3.63, 3.8) is 0 Å². The maximum Gasteiger partial charge on any atom is 0.115 e. The van der Waals surface area contributed by atoms with Crippen LogP contribution in [0.1, 0.15) is 5.56 Å². The van der Waals surface area contributed by atoms with Crippen LogP contribution in [0.2, 0.25) is 5.02 Å². The van der Waals surface area contributed by atoms with Crippen LogP contribution in [0.5, 0.6) is 0 Å². The van der Waals surface area contributed by atoms with Gasteiger partial charge in [-0.2, -0.15) is 4.80 Å². The molecule has 0 unspecified atom stereocenters. The number of fused-ring (bicyclic) bond motifs is 1. The molecular weight excluding hydrogens is 248 g/mol. The number of hydrogen-bond donors (Lipinski definition) is 1. The summed E-state index contributed by atoms with van der Waals surface area (Å²) in [6.07, 6.45) is 0. The van der Waals surface area contributed by atoms with Crippen LogP contribution in [0.15, 0.2) is 36.4 Å². The van der Waals surface area contributed by atoms with Gasteiger partial charge in [0.15, 0.2) is 0 Å². The maximum absolute atomic E-state index is 5.96. The highest BCUT2D eigenvalue weighted by Crippen LogP contribution is 2.20.